The van der Waals surface area contributed by atoms with Crippen LogP contribution in [0.15, 0.2) is 0 Å². The van der Waals surface area contributed by atoms with Crippen molar-refractivity contribution in [1.82, 2.24) is 14.7 Å². The van der Waals surface area contributed by atoms with Crippen LogP contribution in [0.3, 0.4) is 0 Å². The minimum atomic E-state index is 0.265. The predicted molar refractivity (Wildman–Crippen MR) is 71.8 cm³/mol. The summed E-state index contributed by atoms with van der Waals surface area (Å²) in [6, 6.07) is 0.627. The molecule has 1 unspecified atom stereocenters. The third-order valence-corrected chi connectivity index (χ3v) is 4.16. The Morgan fingerprint density at radius 2 is 1.89 bits per heavy atom. The highest BCUT2D eigenvalue weighted by molar-refractivity contribution is 4.82. The maximum Gasteiger partial charge on any atom is 0.0594 e. The molecule has 5 heteroatoms. The number of aliphatic hydroxyl groups excluding tert-OH is 1. The molecule has 0 radical (unpaired) electrons. The lowest BCUT2D eigenvalue weighted by molar-refractivity contribution is 0.0341. The lowest BCUT2D eigenvalue weighted by Gasteiger charge is -2.29. The van der Waals surface area contributed by atoms with Gasteiger partial charge in [-0.2, -0.15) is 0 Å². The smallest absolute Gasteiger partial charge is 0.0594 e. The second kappa shape index (κ2) is 7.40. The van der Waals surface area contributed by atoms with Gasteiger partial charge in [0.1, 0.15) is 0 Å². The van der Waals surface area contributed by atoms with Crippen LogP contribution in [-0.2, 0) is 4.74 Å². The average Bonchev–Trinajstić information content (AvgIpc) is 2.87. The lowest BCUT2D eigenvalue weighted by atomic mass is 10.2. The van der Waals surface area contributed by atoms with E-state index < -0.39 is 0 Å². The van der Waals surface area contributed by atoms with Crippen LogP contribution in [0.5, 0.6) is 0 Å². The Morgan fingerprint density at radius 3 is 2.61 bits per heavy atom. The van der Waals surface area contributed by atoms with Crippen LogP contribution in [0, 0.1) is 0 Å². The Kier molecular flexibility index (Phi) is 5.85. The molecule has 5 nitrogen and oxygen atoms in total. The molecule has 2 saturated heterocycles. The van der Waals surface area contributed by atoms with E-state index in [1.165, 1.54) is 26.1 Å². The molecule has 2 aliphatic rings. The van der Waals surface area contributed by atoms with Crippen LogP contribution in [0.25, 0.3) is 0 Å². The van der Waals surface area contributed by atoms with Crippen LogP contribution in [0.4, 0.5) is 0 Å². The van der Waals surface area contributed by atoms with Gasteiger partial charge in [-0.25, -0.2) is 0 Å². The van der Waals surface area contributed by atoms with Gasteiger partial charge in [-0.3, -0.25) is 9.80 Å². The molecule has 106 valence electrons. The number of ether oxygens (including phenoxy) is 1. The summed E-state index contributed by atoms with van der Waals surface area (Å²) in [5, 5.41) is 8.96. The Bertz CT molecular complexity index is 234. The molecule has 0 aromatic heterocycles. The fraction of sp³-hybridized carbons (Fsp3) is 1.00. The van der Waals surface area contributed by atoms with E-state index in [0.29, 0.717) is 6.04 Å². The lowest BCUT2D eigenvalue weighted by Crippen LogP contribution is -2.42. The van der Waals surface area contributed by atoms with Gasteiger partial charge in [0, 0.05) is 45.3 Å². The Labute approximate surface area is 110 Å². The number of nitrogens with zero attached hydrogens (tertiary/aromatic N) is 3. The summed E-state index contributed by atoms with van der Waals surface area (Å²) in [4.78, 5) is 7.33. The SMILES string of the molecule is CN(CCO)C1CCN(CCN2CCOCC2)C1. The number of morpholine rings is 1. The average molecular weight is 257 g/mol. The van der Waals surface area contributed by atoms with Gasteiger partial charge in [0.15, 0.2) is 0 Å². The van der Waals surface area contributed by atoms with E-state index in [4.69, 9.17) is 9.84 Å². The van der Waals surface area contributed by atoms with Crippen LogP contribution in [-0.4, -0.2) is 98.5 Å². The Balaban J connectivity index is 1.63. The third-order valence-electron chi connectivity index (χ3n) is 4.16. The molecule has 2 fully saturated rings. The van der Waals surface area contributed by atoms with Crippen molar-refractivity contribution in [2.75, 3.05) is 72.7 Å². The van der Waals surface area contributed by atoms with E-state index in [9.17, 15) is 0 Å². The second-order valence-electron chi connectivity index (χ2n) is 5.40. The zero-order chi connectivity index (χ0) is 12.8. The summed E-state index contributed by atoms with van der Waals surface area (Å²) < 4.78 is 5.36. The van der Waals surface area contributed by atoms with E-state index >= 15 is 0 Å². The molecule has 1 N–H and O–H groups in total. The van der Waals surface area contributed by atoms with Gasteiger partial charge in [0.05, 0.1) is 19.8 Å². The van der Waals surface area contributed by atoms with Crippen molar-refractivity contribution in [3.05, 3.63) is 0 Å². The first-order valence-corrected chi connectivity index (χ1v) is 7.13. The number of rotatable bonds is 6. The summed E-state index contributed by atoms with van der Waals surface area (Å²) in [5.41, 5.74) is 0. The number of likely N-dealkylation sites (N-methyl/N-ethyl adjacent to an activating group) is 1. The van der Waals surface area contributed by atoms with Crippen molar-refractivity contribution < 1.29 is 9.84 Å². The Hall–Kier alpha value is -0.200. The van der Waals surface area contributed by atoms with E-state index in [-0.39, 0.29) is 6.61 Å². The van der Waals surface area contributed by atoms with Crippen molar-refractivity contribution in [3.63, 3.8) is 0 Å². The van der Waals surface area contributed by atoms with Gasteiger partial charge in [-0.15, -0.1) is 0 Å². The summed E-state index contributed by atoms with van der Waals surface area (Å²) in [6.07, 6.45) is 1.24. The minimum Gasteiger partial charge on any atom is -0.395 e. The summed E-state index contributed by atoms with van der Waals surface area (Å²) >= 11 is 0. The van der Waals surface area contributed by atoms with Gasteiger partial charge in [0.2, 0.25) is 0 Å². The zero-order valence-corrected chi connectivity index (χ0v) is 11.6. The number of likely N-dealkylation sites (tertiary alicyclic amines) is 1. The number of hydrogen-bond donors (Lipinski definition) is 1. The Morgan fingerprint density at radius 1 is 1.17 bits per heavy atom. The summed E-state index contributed by atoms with van der Waals surface area (Å²) in [7, 11) is 2.12. The second-order valence-corrected chi connectivity index (χ2v) is 5.40. The predicted octanol–water partition coefficient (Wildman–Crippen LogP) is -0.683. The molecule has 0 aromatic rings. The molecule has 2 heterocycles. The molecule has 2 aliphatic heterocycles. The highest BCUT2D eigenvalue weighted by Gasteiger charge is 2.25. The maximum atomic E-state index is 8.96. The van der Waals surface area contributed by atoms with Crippen molar-refractivity contribution in [2.45, 2.75) is 12.5 Å². The largest absolute Gasteiger partial charge is 0.395 e. The molecule has 0 saturated carbocycles. The van der Waals surface area contributed by atoms with Gasteiger partial charge in [0.25, 0.3) is 0 Å². The first kappa shape index (κ1) is 14.2. The highest BCUT2D eigenvalue weighted by Crippen LogP contribution is 2.14. The minimum absolute atomic E-state index is 0.265. The van der Waals surface area contributed by atoms with Crippen molar-refractivity contribution in [1.29, 1.82) is 0 Å². The van der Waals surface area contributed by atoms with E-state index in [1.54, 1.807) is 0 Å². The third kappa shape index (κ3) is 4.17. The quantitative estimate of drug-likeness (QED) is 0.682. The molecule has 0 amide bonds. The number of aliphatic hydroxyl groups is 1. The van der Waals surface area contributed by atoms with Gasteiger partial charge in [-0.1, -0.05) is 0 Å². The monoisotopic (exact) mass is 257 g/mol. The van der Waals surface area contributed by atoms with Crippen molar-refractivity contribution >= 4 is 0 Å². The molecule has 0 aliphatic carbocycles. The van der Waals surface area contributed by atoms with Gasteiger partial charge >= 0.3 is 0 Å². The molecule has 0 aromatic carbocycles. The van der Waals surface area contributed by atoms with Crippen molar-refractivity contribution in [2.24, 2.45) is 0 Å². The van der Waals surface area contributed by atoms with E-state index in [2.05, 4.69) is 21.7 Å². The topological polar surface area (TPSA) is 39.2 Å². The fourth-order valence-corrected chi connectivity index (χ4v) is 2.82. The molecule has 18 heavy (non-hydrogen) atoms. The van der Waals surface area contributed by atoms with Crippen LogP contribution < -0.4 is 0 Å². The van der Waals surface area contributed by atoms with Crippen LogP contribution in [0.1, 0.15) is 6.42 Å². The zero-order valence-electron chi connectivity index (χ0n) is 11.6. The van der Waals surface area contributed by atoms with E-state index in [1.807, 2.05) is 0 Å². The fourth-order valence-electron chi connectivity index (χ4n) is 2.82. The molecular formula is C13H27N3O2. The van der Waals surface area contributed by atoms with Gasteiger partial charge < -0.3 is 14.7 Å². The molecule has 0 bridgehead atoms. The number of hydrogen-bond acceptors (Lipinski definition) is 5. The van der Waals surface area contributed by atoms with Crippen LogP contribution in [0.2, 0.25) is 0 Å². The molecule has 2 rings (SSSR count). The molecular weight excluding hydrogens is 230 g/mol. The normalized spacial score (nSPS) is 27.2. The van der Waals surface area contributed by atoms with E-state index in [0.717, 1.165) is 39.4 Å². The molecule has 1 atom stereocenters. The molecule has 0 spiro atoms. The standard InChI is InChI=1S/C13H27N3O2/c1-14(6-9-17)13-2-3-16(12-13)5-4-15-7-10-18-11-8-15/h13,17H,2-12H2,1H3. The first-order valence-electron chi connectivity index (χ1n) is 7.13. The highest BCUT2D eigenvalue weighted by atomic mass is 16.5. The van der Waals surface area contributed by atoms with Crippen molar-refractivity contribution in [3.8, 4) is 0 Å². The van der Waals surface area contributed by atoms with Crippen LogP contribution >= 0.6 is 0 Å². The summed E-state index contributed by atoms with van der Waals surface area (Å²) in [6.45, 7) is 9.70. The first-order chi connectivity index (χ1) is 8.79. The summed E-state index contributed by atoms with van der Waals surface area (Å²) in [5.74, 6) is 0. The van der Waals surface area contributed by atoms with Gasteiger partial charge in [-0.05, 0) is 20.0 Å². The maximum absolute atomic E-state index is 8.96.